The summed E-state index contributed by atoms with van der Waals surface area (Å²) in [6.45, 7) is 1.06. The Hall–Kier alpha value is -3.40. The van der Waals surface area contributed by atoms with Crippen LogP contribution in [0.3, 0.4) is 0 Å². The molecule has 0 unspecified atom stereocenters. The van der Waals surface area contributed by atoms with Gasteiger partial charge in [-0.15, -0.1) is 0 Å². The van der Waals surface area contributed by atoms with Crippen LogP contribution in [0.4, 0.5) is 5.69 Å². The minimum atomic E-state index is -4.00. The zero-order valence-corrected chi connectivity index (χ0v) is 15.9. The second-order valence-electron chi connectivity index (χ2n) is 5.73. The molecule has 0 aliphatic carbocycles. The number of esters is 1. The Morgan fingerprint density at radius 2 is 1.64 bits per heavy atom. The number of methoxy groups -OCH3 is 1. The molecule has 10 heteroatoms. The Balaban J connectivity index is 2.22. The van der Waals surface area contributed by atoms with Crippen molar-refractivity contribution >= 4 is 33.6 Å². The number of carbonyl (C=O) groups excluding carboxylic acids is 2. The predicted octanol–water partition coefficient (Wildman–Crippen LogP) is 1.40. The SMILES string of the molecule is COC(=O)c1ccc(C)c(S(=O)(=O)Nc2ccc(C(=O)NCC(=O)O)cc2)c1. The average Bonchev–Trinajstić information content (AvgIpc) is 2.66. The quantitative estimate of drug-likeness (QED) is 0.591. The number of carboxylic acid groups (broad SMARTS) is 1. The highest BCUT2D eigenvalue weighted by Crippen LogP contribution is 2.21. The Labute approximate surface area is 161 Å². The van der Waals surface area contributed by atoms with E-state index >= 15 is 0 Å². The fourth-order valence-corrected chi connectivity index (χ4v) is 3.62. The number of anilines is 1. The number of sulfonamides is 1. The second-order valence-corrected chi connectivity index (χ2v) is 7.38. The summed E-state index contributed by atoms with van der Waals surface area (Å²) in [5, 5.41) is 10.8. The van der Waals surface area contributed by atoms with E-state index in [1.165, 1.54) is 49.6 Å². The van der Waals surface area contributed by atoms with E-state index < -0.39 is 34.4 Å². The van der Waals surface area contributed by atoms with Crippen LogP contribution < -0.4 is 10.0 Å². The number of aryl methyl sites for hydroxylation is 1. The van der Waals surface area contributed by atoms with Crippen LogP contribution in [0, 0.1) is 6.92 Å². The lowest BCUT2D eigenvalue weighted by Crippen LogP contribution is -2.29. The number of benzene rings is 2. The lowest BCUT2D eigenvalue weighted by Gasteiger charge is -2.12. The van der Waals surface area contributed by atoms with Crippen molar-refractivity contribution in [1.82, 2.24) is 5.32 Å². The summed E-state index contributed by atoms with van der Waals surface area (Å²) in [6.07, 6.45) is 0. The van der Waals surface area contributed by atoms with Gasteiger partial charge in [0.2, 0.25) is 0 Å². The molecule has 0 aliphatic rings. The first-order chi connectivity index (χ1) is 13.1. The Bertz CT molecular complexity index is 1010. The van der Waals surface area contributed by atoms with Gasteiger partial charge in [0.1, 0.15) is 6.54 Å². The van der Waals surface area contributed by atoms with Crippen molar-refractivity contribution < 1.29 is 32.6 Å². The molecule has 0 saturated carbocycles. The third-order valence-electron chi connectivity index (χ3n) is 3.70. The van der Waals surface area contributed by atoms with Crippen molar-refractivity contribution in [3.05, 3.63) is 59.2 Å². The first kappa shape index (κ1) is 20.9. The number of nitrogens with one attached hydrogen (secondary N) is 2. The van der Waals surface area contributed by atoms with Crippen LogP contribution in [0.5, 0.6) is 0 Å². The molecule has 0 radical (unpaired) electrons. The number of carbonyl (C=O) groups is 3. The molecule has 9 nitrogen and oxygen atoms in total. The molecule has 0 saturated heterocycles. The highest BCUT2D eigenvalue weighted by Gasteiger charge is 2.20. The van der Waals surface area contributed by atoms with E-state index in [1.54, 1.807) is 6.92 Å². The van der Waals surface area contributed by atoms with Crippen molar-refractivity contribution in [2.75, 3.05) is 18.4 Å². The molecule has 0 spiro atoms. The number of hydrogen-bond donors (Lipinski definition) is 3. The van der Waals surface area contributed by atoms with Crippen LogP contribution in [0.25, 0.3) is 0 Å². The summed E-state index contributed by atoms with van der Waals surface area (Å²) in [5.41, 5.74) is 0.898. The number of rotatable bonds is 7. The van der Waals surface area contributed by atoms with E-state index in [0.29, 0.717) is 5.56 Å². The van der Waals surface area contributed by atoms with Crippen LogP contribution in [-0.4, -0.2) is 45.0 Å². The topological polar surface area (TPSA) is 139 Å². The predicted molar refractivity (Wildman–Crippen MR) is 99.7 cm³/mol. The maximum atomic E-state index is 12.7. The molecule has 0 fully saturated rings. The van der Waals surface area contributed by atoms with Crippen LogP contribution in [0.15, 0.2) is 47.4 Å². The van der Waals surface area contributed by atoms with Crippen molar-refractivity contribution in [3.63, 3.8) is 0 Å². The second kappa shape index (κ2) is 8.53. The minimum absolute atomic E-state index is 0.0846. The van der Waals surface area contributed by atoms with E-state index in [1.807, 2.05) is 0 Å². The maximum Gasteiger partial charge on any atom is 0.337 e. The summed E-state index contributed by atoms with van der Waals surface area (Å²) in [5.74, 6) is -2.44. The zero-order chi connectivity index (χ0) is 20.9. The third kappa shape index (κ3) is 5.07. The van der Waals surface area contributed by atoms with E-state index in [2.05, 4.69) is 14.8 Å². The Morgan fingerprint density at radius 1 is 1.04 bits per heavy atom. The molecule has 0 heterocycles. The van der Waals surface area contributed by atoms with Gasteiger partial charge in [-0.1, -0.05) is 6.07 Å². The molecule has 0 aromatic heterocycles. The summed E-state index contributed by atoms with van der Waals surface area (Å²) < 4.78 is 32.3. The molecule has 1 amide bonds. The fourth-order valence-electron chi connectivity index (χ4n) is 2.29. The number of ether oxygens (including phenoxy) is 1. The maximum absolute atomic E-state index is 12.7. The third-order valence-corrected chi connectivity index (χ3v) is 5.22. The van der Waals surface area contributed by atoms with Crippen LogP contribution in [0.2, 0.25) is 0 Å². The summed E-state index contributed by atoms with van der Waals surface area (Å²) in [4.78, 5) is 33.8. The summed E-state index contributed by atoms with van der Waals surface area (Å²) in [6, 6.07) is 9.62. The van der Waals surface area contributed by atoms with Gasteiger partial charge in [0, 0.05) is 11.3 Å². The van der Waals surface area contributed by atoms with Crippen molar-refractivity contribution in [1.29, 1.82) is 0 Å². The first-order valence-corrected chi connectivity index (χ1v) is 9.44. The zero-order valence-electron chi connectivity index (χ0n) is 15.1. The number of hydrogen-bond acceptors (Lipinski definition) is 6. The van der Waals surface area contributed by atoms with Gasteiger partial charge in [-0.3, -0.25) is 14.3 Å². The molecule has 2 aromatic rings. The molecule has 3 N–H and O–H groups in total. The molecular weight excluding hydrogens is 388 g/mol. The standard InChI is InChI=1S/C18H18N2O7S/c1-11-3-4-13(18(24)27-2)9-15(11)28(25,26)20-14-7-5-12(6-8-14)17(23)19-10-16(21)22/h3-9,20H,10H2,1-2H3,(H,19,23)(H,21,22). The monoisotopic (exact) mass is 406 g/mol. The summed E-state index contributed by atoms with van der Waals surface area (Å²) in [7, 11) is -2.80. The molecule has 2 rings (SSSR count). The number of amides is 1. The Morgan fingerprint density at radius 3 is 2.21 bits per heavy atom. The van der Waals surface area contributed by atoms with E-state index in [9.17, 15) is 22.8 Å². The fraction of sp³-hybridized carbons (Fsp3) is 0.167. The van der Waals surface area contributed by atoms with E-state index in [-0.39, 0.29) is 21.7 Å². The van der Waals surface area contributed by atoms with Crippen molar-refractivity contribution in [2.24, 2.45) is 0 Å². The van der Waals surface area contributed by atoms with Crippen LogP contribution in [-0.2, 0) is 19.6 Å². The molecule has 2 aromatic carbocycles. The van der Waals surface area contributed by atoms with E-state index in [0.717, 1.165) is 0 Å². The number of carboxylic acids is 1. The molecule has 148 valence electrons. The first-order valence-electron chi connectivity index (χ1n) is 7.96. The van der Waals surface area contributed by atoms with Gasteiger partial charge >= 0.3 is 11.9 Å². The molecule has 0 aliphatic heterocycles. The molecule has 0 atom stereocenters. The van der Waals surface area contributed by atoms with Gasteiger partial charge in [0.05, 0.1) is 17.6 Å². The number of aliphatic carboxylic acids is 1. The van der Waals surface area contributed by atoms with Crippen LogP contribution in [0.1, 0.15) is 26.3 Å². The largest absolute Gasteiger partial charge is 0.480 e. The van der Waals surface area contributed by atoms with Gasteiger partial charge < -0.3 is 15.2 Å². The van der Waals surface area contributed by atoms with E-state index in [4.69, 9.17) is 5.11 Å². The highest BCUT2D eigenvalue weighted by molar-refractivity contribution is 7.92. The Kier molecular flexibility index (Phi) is 6.37. The van der Waals surface area contributed by atoms with Gasteiger partial charge in [0.25, 0.3) is 15.9 Å². The minimum Gasteiger partial charge on any atom is -0.480 e. The van der Waals surface area contributed by atoms with Crippen molar-refractivity contribution in [2.45, 2.75) is 11.8 Å². The molecular formula is C18H18N2O7S. The normalized spacial score (nSPS) is 10.8. The van der Waals surface area contributed by atoms with Crippen molar-refractivity contribution in [3.8, 4) is 0 Å². The molecule has 0 bridgehead atoms. The average molecular weight is 406 g/mol. The van der Waals surface area contributed by atoms with Gasteiger partial charge in [-0.05, 0) is 48.9 Å². The highest BCUT2D eigenvalue weighted by atomic mass is 32.2. The lowest BCUT2D eigenvalue weighted by molar-refractivity contribution is -0.135. The smallest absolute Gasteiger partial charge is 0.337 e. The lowest BCUT2D eigenvalue weighted by atomic mass is 10.1. The summed E-state index contributed by atoms with van der Waals surface area (Å²) >= 11 is 0. The molecule has 28 heavy (non-hydrogen) atoms. The van der Waals surface area contributed by atoms with Gasteiger partial charge in [-0.25, -0.2) is 13.2 Å². The van der Waals surface area contributed by atoms with Gasteiger partial charge in [0.15, 0.2) is 0 Å². The van der Waals surface area contributed by atoms with Gasteiger partial charge in [-0.2, -0.15) is 0 Å². The van der Waals surface area contributed by atoms with Crippen LogP contribution >= 0.6 is 0 Å².